The van der Waals surface area contributed by atoms with Crippen LogP contribution in [0.4, 0.5) is 10.5 Å². The first kappa shape index (κ1) is 34.2. The van der Waals surface area contributed by atoms with Crippen LogP contribution in [-0.2, 0) is 32.0 Å². The zero-order chi connectivity index (χ0) is 33.0. The number of rotatable bonds is 16. The van der Waals surface area contributed by atoms with Gasteiger partial charge >= 0.3 is 6.09 Å². The van der Waals surface area contributed by atoms with Crippen molar-refractivity contribution in [3.63, 3.8) is 0 Å². The zero-order valence-corrected chi connectivity index (χ0v) is 27.3. The number of likely N-dealkylation sites (tertiary alicyclic amines) is 1. The molecule has 47 heavy (non-hydrogen) atoms. The van der Waals surface area contributed by atoms with Crippen molar-refractivity contribution in [3.8, 4) is 11.5 Å². The Labute approximate surface area is 276 Å². The van der Waals surface area contributed by atoms with Gasteiger partial charge in [-0.2, -0.15) is 0 Å². The second-order valence-electron chi connectivity index (χ2n) is 12.0. The molecule has 0 spiro atoms. The molecule has 1 saturated heterocycles. The van der Waals surface area contributed by atoms with Gasteiger partial charge in [-0.25, -0.2) is 4.79 Å². The maximum absolute atomic E-state index is 12.1. The number of carbonyl (C=O) groups is 2. The summed E-state index contributed by atoms with van der Waals surface area (Å²) in [7, 11) is 3.33. The first-order chi connectivity index (χ1) is 22.9. The van der Waals surface area contributed by atoms with E-state index in [0.717, 1.165) is 52.3 Å². The van der Waals surface area contributed by atoms with E-state index < -0.39 is 6.09 Å². The smallest absolute Gasteiger partial charge is 0.407 e. The van der Waals surface area contributed by atoms with E-state index in [2.05, 4.69) is 29.6 Å². The van der Waals surface area contributed by atoms with Crippen LogP contribution in [0.1, 0.15) is 66.4 Å². The van der Waals surface area contributed by atoms with Gasteiger partial charge in [0.25, 0.3) is 0 Å². The number of carbonyl (C=O) groups excluding carboxylic acids is 1. The Morgan fingerprint density at radius 1 is 1.00 bits per heavy atom. The summed E-state index contributed by atoms with van der Waals surface area (Å²) in [4.78, 5) is 25.5. The molecule has 3 unspecified atom stereocenters. The minimum atomic E-state index is -0.944. The van der Waals surface area contributed by atoms with Crippen LogP contribution in [0.25, 0.3) is 0 Å². The summed E-state index contributed by atoms with van der Waals surface area (Å²) in [5.74, 6) is 1.61. The van der Waals surface area contributed by atoms with Crippen LogP contribution in [-0.4, -0.2) is 75.2 Å². The van der Waals surface area contributed by atoms with E-state index in [4.69, 9.17) is 23.7 Å². The molecule has 2 heterocycles. The predicted octanol–water partition coefficient (Wildman–Crippen LogP) is 6.59. The van der Waals surface area contributed by atoms with Gasteiger partial charge in [0.15, 0.2) is 0 Å². The molecule has 0 aliphatic carbocycles. The molecule has 2 aliphatic heterocycles. The summed E-state index contributed by atoms with van der Waals surface area (Å²) in [6, 6.07) is 22.0. The van der Waals surface area contributed by atoms with Crippen molar-refractivity contribution in [1.29, 1.82) is 0 Å². The third kappa shape index (κ3) is 9.47. The molecule has 3 aromatic rings. The van der Waals surface area contributed by atoms with Crippen molar-refractivity contribution >= 4 is 17.7 Å². The van der Waals surface area contributed by atoms with Gasteiger partial charge in [-0.05, 0) is 66.6 Å². The van der Waals surface area contributed by atoms with Crippen LogP contribution in [0.3, 0.4) is 0 Å². The minimum absolute atomic E-state index is 0.00489. The zero-order valence-electron chi connectivity index (χ0n) is 27.3. The molecule has 1 fully saturated rings. The van der Waals surface area contributed by atoms with Gasteiger partial charge < -0.3 is 39.0 Å². The fourth-order valence-electron chi connectivity index (χ4n) is 6.30. The van der Waals surface area contributed by atoms with Crippen LogP contribution in [0.5, 0.6) is 11.5 Å². The predicted molar refractivity (Wildman–Crippen MR) is 178 cm³/mol. The Bertz CT molecular complexity index is 1460. The molecule has 2 N–H and O–H groups in total. The van der Waals surface area contributed by atoms with E-state index in [1.807, 2.05) is 42.5 Å². The van der Waals surface area contributed by atoms with Crippen molar-refractivity contribution in [3.05, 3.63) is 89.0 Å². The van der Waals surface area contributed by atoms with E-state index in [0.29, 0.717) is 58.7 Å². The number of aryl methyl sites for hydroxylation is 1. The Morgan fingerprint density at radius 2 is 1.83 bits per heavy atom. The number of amides is 2. The van der Waals surface area contributed by atoms with Crippen LogP contribution in [0, 0.1) is 0 Å². The van der Waals surface area contributed by atoms with Crippen molar-refractivity contribution < 1.29 is 38.4 Å². The summed E-state index contributed by atoms with van der Waals surface area (Å²) in [6.07, 6.45) is 2.48. The van der Waals surface area contributed by atoms with Crippen molar-refractivity contribution in [1.82, 2.24) is 4.90 Å². The second kappa shape index (κ2) is 17.2. The first-order valence-electron chi connectivity index (χ1n) is 16.4. The molecule has 0 bridgehead atoms. The highest BCUT2D eigenvalue weighted by Crippen LogP contribution is 2.37. The van der Waals surface area contributed by atoms with Gasteiger partial charge in [0.2, 0.25) is 5.91 Å². The highest BCUT2D eigenvalue weighted by molar-refractivity contribution is 5.94. The minimum Gasteiger partial charge on any atom is -0.496 e. The van der Waals surface area contributed by atoms with Crippen LogP contribution >= 0.6 is 0 Å². The number of hydrogen-bond acceptors (Lipinski definition) is 7. The number of benzene rings is 3. The fourth-order valence-corrected chi connectivity index (χ4v) is 6.30. The van der Waals surface area contributed by atoms with E-state index in [1.54, 1.807) is 14.2 Å². The highest BCUT2D eigenvalue weighted by Gasteiger charge is 2.35. The maximum atomic E-state index is 12.1. The average molecular weight is 647 g/mol. The monoisotopic (exact) mass is 646 g/mol. The van der Waals surface area contributed by atoms with Crippen molar-refractivity contribution in [2.24, 2.45) is 0 Å². The molecule has 3 atom stereocenters. The van der Waals surface area contributed by atoms with E-state index >= 15 is 0 Å². The molecule has 3 aromatic carbocycles. The lowest BCUT2D eigenvalue weighted by atomic mass is 9.86. The molecular weight excluding hydrogens is 600 g/mol. The van der Waals surface area contributed by atoms with Gasteiger partial charge in [0.05, 0.1) is 45.7 Å². The van der Waals surface area contributed by atoms with Gasteiger partial charge in [0, 0.05) is 50.3 Å². The van der Waals surface area contributed by atoms with Crippen LogP contribution in [0.2, 0.25) is 0 Å². The molecule has 10 heteroatoms. The SMILES string of the molecule is COCCCC(OC1CN(C(=O)O)CCC1c1ccc(OCCCOCc2ccccc2OC)cc1)c1ccc2c(c1)NC(=O)CC2. The van der Waals surface area contributed by atoms with E-state index in [-0.39, 0.29) is 30.6 Å². The van der Waals surface area contributed by atoms with Crippen LogP contribution in [0.15, 0.2) is 66.7 Å². The Kier molecular flexibility index (Phi) is 12.5. The molecule has 0 saturated carbocycles. The molecule has 252 valence electrons. The molecule has 0 radical (unpaired) electrons. The third-order valence-corrected chi connectivity index (χ3v) is 8.84. The Balaban J connectivity index is 1.21. The molecule has 2 amide bonds. The molecular formula is C37H46N2O8. The number of ether oxygens (including phenoxy) is 5. The quantitative estimate of drug-likeness (QED) is 0.168. The number of methoxy groups -OCH3 is 2. The molecule has 0 aromatic heterocycles. The van der Waals surface area contributed by atoms with Gasteiger partial charge in [-0.1, -0.05) is 42.5 Å². The standard InChI is InChI=1S/C37H46N2O8/c1-43-20-5-9-34(28-11-10-27-14-17-36(40)38-32(27)23-28)47-35-24-39(37(41)42)19-18-31(35)26-12-15-30(16-13-26)46-22-6-21-45-25-29-7-3-4-8-33(29)44-2/h3-4,7-8,10-13,15-16,23,31,34-35H,5-6,9,14,17-22,24-25H2,1-2H3,(H,38,40)(H,41,42). The summed E-state index contributed by atoms with van der Waals surface area (Å²) in [6.45, 7) is 2.88. The number of hydrogen-bond donors (Lipinski definition) is 2. The highest BCUT2D eigenvalue weighted by atomic mass is 16.5. The Hall–Kier alpha value is -4.12. The van der Waals surface area contributed by atoms with Crippen molar-refractivity contribution in [2.45, 2.75) is 63.3 Å². The normalized spacial score (nSPS) is 18.3. The van der Waals surface area contributed by atoms with Gasteiger partial charge in [-0.15, -0.1) is 0 Å². The number of nitrogens with one attached hydrogen (secondary N) is 1. The average Bonchev–Trinajstić information content (AvgIpc) is 3.09. The lowest BCUT2D eigenvalue weighted by molar-refractivity contribution is -0.116. The number of fused-ring (bicyclic) bond motifs is 1. The second-order valence-corrected chi connectivity index (χ2v) is 12.0. The Morgan fingerprint density at radius 3 is 2.62 bits per heavy atom. The van der Waals surface area contributed by atoms with E-state index in [1.165, 1.54) is 4.90 Å². The first-order valence-corrected chi connectivity index (χ1v) is 16.4. The summed E-state index contributed by atoms with van der Waals surface area (Å²) >= 11 is 0. The van der Waals surface area contributed by atoms with Gasteiger partial charge in [-0.3, -0.25) is 4.79 Å². The number of nitrogens with zero attached hydrogens (tertiary/aromatic N) is 1. The lowest BCUT2D eigenvalue weighted by Crippen LogP contribution is -2.46. The summed E-state index contributed by atoms with van der Waals surface area (Å²) in [5, 5.41) is 12.8. The third-order valence-electron chi connectivity index (χ3n) is 8.84. The number of piperidine rings is 1. The number of anilines is 1. The summed E-state index contributed by atoms with van der Waals surface area (Å²) < 4.78 is 29.4. The molecule has 5 rings (SSSR count). The number of para-hydroxylation sites is 1. The summed E-state index contributed by atoms with van der Waals surface area (Å²) in [5.41, 5.74) is 4.99. The topological polar surface area (TPSA) is 116 Å². The lowest BCUT2D eigenvalue weighted by Gasteiger charge is -2.39. The van der Waals surface area contributed by atoms with Crippen molar-refractivity contribution in [2.75, 3.05) is 52.4 Å². The van der Waals surface area contributed by atoms with Gasteiger partial charge in [0.1, 0.15) is 11.5 Å². The maximum Gasteiger partial charge on any atom is 0.407 e. The van der Waals surface area contributed by atoms with Crippen LogP contribution < -0.4 is 14.8 Å². The van der Waals surface area contributed by atoms with E-state index in [9.17, 15) is 14.7 Å². The molecule has 2 aliphatic rings. The number of carboxylic acid groups (broad SMARTS) is 1. The fraction of sp³-hybridized carbons (Fsp3) is 0.459. The molecule has 10 nitrogen and oxygen atoms in total. The largest absolute Gasteiger partial charge is 0.496 e.